The molecular formula is C27H26N4O6. The Labute approximate surface area is 213 Å². The molecule has 0 spiro atoms. The number of amides is 3. The van der Waals surface area contributed by atoms with E-state index in [9.17, 15) is 19.2 Å². The average Bonchev–Trinajstić information content (AvgIpc) is 3.16. The van der Waals surface area contributed by atoms with Crippen molar-refractivity contribution in [1.82, 2.24) is 9.88 Å². The number of Topliss-reactive ketones (excluding diaryl/α,β-unsaturated/α-hetero) is 1. The maximum atomic E-state index is 13.5. The molecule has 0 aliphatic carbocycles. The van der Waals surface area contributed by atoms with Gasteiger partial charge in [0.2, 0.25) is 11.8 Å². The highest BCUT2D eigenvalue weighted by atomic mass is 16.5. The molecule has 1 unspecified atom stereocenters. The maximum Gasteiger partial charge on any atom is 0.299 e. The van der Waals surface area contributed by atoms with Crippen molar-refractivity contribution in [3.8, 4) is 11.5 Å². The number of rotatable bonds is 9. The number of methoxy groups -OCH3 is 2. The Kier molecular flexibility index (Phi) is 7.47. The van der Waals surface area contributed by atoms with E-state index in [0.717, 1.165) is 4.90 Å². The van der Waals surface area contributed by atoms with Crippen molar-refractivity contribution in [2.45, 2.75) is 19.5 Å². The molecule has 0 saturated heterocycles. The first-order chi connectivity index (χ1) is 17.8. The molecule has 0 bridgehead atoms. The molecule has 3 amide bonds. The molecule has 1 aromatic heterocycles. The average molecular weight is 503 g/mol. The first-order valence-electron chi connectivity index (χ1n) is 11.5. The van der Waals surface area contributed by atoms with Crippen LogP contribution in [0, 0.1) is 0 Å². The number of hydrogen-bond donors (Lipinski definition) is 1. The molecule has 10 heteroatoms. The molecule has 0 fully saturated rings. The Balaban J connectivity index is 1.59. The van der Waals surface area contributed by atoms with Crippen molar-refractivity contribution in [3.05, 3.63) is 78.1 Å². The number of nitrogens with one attached hydrogen (secondary N) is 1. The summed E-state index contributed by atoms with van der Waals surface area (Å²) in [5.74, 6) is -1.48. The number of ketones is 1. The first-order valence-corrected chi connectivity index (χ1v) is 11.5. The topological polar surface area (TPSA) is 118 Å². The molecule has 3 aromatic rings. The van der Waals surface area contributed by atoms with Crippen molar-refractivity contribution in [1.29, 1.82) is 0 Å². The molecule has 1 aliphatic heterocycles. The minimum absolute atomic E-state index is 0.0681. The number of ether oxygens (including phenoxy) is 2. The van der Waals surface area contributed by atoms with Gasteiger partial charge in [-0.2, -0.15) is 0 Å². The van der Waals surface area contributed by atoms with Gasteiger partial charge in [0.05, 0.1) is 31.2 Å². The lowest BCUT2D eigenvalue weighted by atomic mass is 10.1. The second-order valence-electron chi connectivity index (χ2n) is 8.35. The first kappa shape index (κ1) is 25.4. The highest BCUT2D eigenvalue weighted by Crippen LogP contribution is 2.30. The Morgan fingerprint density at radius 3 is 2.54 bits per heavy atom. The second-order valence-corrected chi connectivity index (χ2v) is 8.35. The summed E-state index contributed by atoms with van der Waals surface area (Å²) < 4.78 is 10.6. The summed E-state index contributed by atoms with van der Waals surface area (Å²) in [6.07, 6.45) is 3.20. The summed E-state index contributed by atoms with van der Waals surface area (Å²) in [5, 5.41) is 2.80. The third-order valence-corrected chi connectivity index (χ3v) is 6.08. The summed E-state index contributed by atoms with van der Waals surface area (Å²) in [5.41, 5.74) is 1.72. The fourth-order valence-corrected chi connectivity index (χ4v) is 4.04. The molecule has 37 heavy (non-hydrogen) atoms. The van der Waals surface area contributed by atoms with Gasteiger partial charge in [0.15, 0.2) is 0 Å². The van der Waals surface area contributed by atoms with Gasteiger partial charge in [0.25, 0.3) is 11.7 Å². The molecule has 10 nitrogen and oxygen atoms in total. The highest BCUT2D eigenvalue weighted by molar-refractivity contribution is 6.52. The van der Waals surface area contributed by atoms with Crippen molar-refractivity contribution in [2.24, 2.45) is 0 Å². The van der Waals surface area contributed by atoms with Crippen LogP contribution in [0.5, 0.6) is 11.5 Å². The third-order valence-electron chi connectivity index (χ3n) is 6.08. The van der Waals surface area contributed by atoms with Gasteiger partial charge in [-0.15, -0.1) is 0 Å². The van der Waals surface area contributed by atoms with Gasteiger partial charge in [-0.3, -0.25) is 29.1 Å². The molecule has 1 aliphatic rings. The molecule has 1 N–H and O–H groups in total. The number of carbonyl (C=O) groups excluding carboxylic acids is 4. The quantitative estimate of drug-likeness (QED) is 0.447. The van der Waals surface area contributed by atoms with E-state index in [2.05, 4.69) is 10.3 Å². The number of pyridine rings is 1. The fraction of sp³-hybridized carbons (Fsp3) is 0.222. The van der Waals surface area contributed by atoms with Crippen molar-refractivity contribution in [2.75, 3.05) is 31.0 Å². The highest BCUT2D eigenvalue weighted by Gasteiger charge is 2.38. The summed E-state index contributed by atoms with van der Waals surface area (Å²) >= 11 is 0. The van der Waals surface area contributed by atoms with Crippen LogP contribution in [-0.4, -0.2) is 60.2 Å². The van der Waals surface area contributed by atoms with Crippen LogP contribution in [0.1, 0.15) is 22.8 Å². The van der Waals surface area contributed by atoms with Gasteiger partial charge >= 0.3 is 0 Å². The predicted octanol–water partition coefficient (Wildman–Crippen LogP) is 2.68. The molecule has 0 saturated carbocycles. The van der Waals surface area contributed by atoms with E-state index in [1.54, 1.807) is 73.9 Å². The van der Waals surface area contributed by atoms with Crippen LogP contribution in [0.3, 0.4) is 0 Å². The van der Waals surface area contributed by atoms with Crippen LogP contribution in [0.4, 0.5) is 11.4 Å². The lowest BCUT2D eigenvalue weighted by Crippen LogP contribution is -2.49. The summed E-state index contributed by atoms with van der Waals surface area (Å²) in [6, 6.07) is 14.0. The Morgan fingerprint density at radius 1 is 1.05 bits per heavy atom. The molecule has 4 rings (SSSR count). The van der Waals surface area contributed by atoms with Crippen LogP contribution >= 0.6 is 0 Å². The SMILES string of the molecule is COc1ccc(NC(=O)C(C)N(Cc2cccnc2)C(=O)CN2C(=O)C(=O)c3ccccc32)c(OC)c1. The number of hydrogen-bond acceptors (Lipinski definition) is 7. The third kappa shape index (κ3) is 5.27. The zero-order valence-electron chi connectivity index (χ0n) is 20.6. The fourth-order valence-electron chi connectivity index (χ4n) is 4.04. The number of anilines is 2. The Bertz CT molecular complexity index is 1340. The van der Waals surface area contributed by atoms with Crippen LogP contribution in [0.15, 0.2) is 67.0 Å². The van der Waals surface area contributed by atoms with Crippen molar-refractivity contribution in [3.63, 3.8) is 0 Å². The Hall–Kier alpha value is -4.73. The number of para-hydroxylation sites is 1. The standard InChI is InChI=1S/C27H26N4O6/c1-17(26(34)29-21-11-10-19(36-2)13-23(21)37-3)30(15-18-7-6-12-28-14-18)24(32)16-31-22-9-5-4-8-20(22)25(33)27(31)35/h4-14,17H,15-16H2,1-3H3,(H,29,34). The normalized spacial score (nSPS) is 13.1. The lowest BCUT2D eigenvalue weighted by Gasteiger charge is -2.30. The number of nitrogens with zero attached hydrogens (tertiary/aromatic N) is 3. The van der Waals surface area contributed by atoms with Gasteiger partial charge in [-0.05, 0) is 42.8 Å². The van der Waals surface area contributed by atoms with Gasteiger partial charge < -0.3 is 19.7 Å². The molecule has 190 valence electrons. The number of fused-ring (bicyclic) bond motifs is 1. The second kappa shape index (κ2) is 10.9. The van der Waals surface area contributed by atoms with Gasteiger partial charge in [0.1, 0.15) is 24.1 Å². The van der Waals surface area contributed by atoms with E-state index in [1.807, 2.05) is 0 Å². The molecule has 0 radical (unpaired) electrons. The van der Waals surface area contributed by atoms with Crippen molar-refractivity contribution < 1.29 is 28.7 Å². The van der Waals surface area contributed by atoms with Crippen LogP contribution in [-0.2, 0) is 20.9 Å². The van der Waals surface area contributed by atoms with E-state index in [-0.39, 0.29) is 12.1 Å². The van der Waals surface area contributed by atoms with E-state index in [4.69, 9.17) is 9.47 Å². The minimum Gasteiger partial charge on any atom is -0.497 e. The maximum absolute atomic E-state index is 13.5. The monoisotopic (exact) mass is 502 g/mol. The molecule has 2 heterocycles. The minimum atomic E-state index is -0.942. The lowest BCUT2D eigenvalue weighted by molar-refractivity contribution is -0.138. The van der Waals surface area contributed by atoms with Crippen LogP contribution in [0.25, 0.3) is 0 Å². The van der Waals surface area contributed by atoms with E-state index in [1.165, 1.54) is 19.1 Å². The van der Waals surface area contributed by atoms with Gasteiger partial charge in [-0.1, -0.05) is 18.2 Å². The number of benzene rings is 2. The largest absolute Gasteiger partial charge is 0.497 e. The summed E-state index contributed by atoms with van der Waals surface area (Å²) in [7, 11) is 2.99. The van der Waals surface area contributed by atoms with Crippen LogP contribution in [0.2, 0.25) is 0 Å². The van der Waals surface area contributed by atoms with Crippen molar-refractivity contribution >= 4 is 34.9 Å². The zero-order valence-corrected chi connectivity index (χ0v) is 20.6. The zero-order chi connectivity index (χ0) is 26.5. The predicted molar refractivity (Wildman–Crippen MR) is 136 cm³/mol. The molecule has 1 atom stereocenters. The number of carbonyl (C=O) groups is 4. The summed E-state index contributed by atoms with van der Waals surface area (Å²) in [4.78, 5) is 58.4. The van der Waals surface area contributed by atoms with Crippen LogP contribution < -0.4 is 19.7 Å². The van der Waals surface area contributed by atoms with Gasteiger partial charge in [0, 0.05) is 25.0 Å². The molecule has 2 aromatic carbocycles. The number of aromatic nitrogens is 1. The van der Waals surface area contributed by atoms with E-state index >= 15 is 0 Å². The van der Waals surface area contributed by atoms with E-state index in [0.29, 0.717) is 28.4 Å². The van der Waals surface area contributed by atoms with E-state index < -0.39 is 36.1 Å². The smallest absolute Gasteiger partial charge is 0.299 e. The Morgan fingerprint density at radius 2 is 1.84 bits per heavy atom. The van der Waals surface area contributed by atoms with Gasteiger partial charge in [-0.25, -0.2) is 0 Å². The summed E-state index contributed by atoms with van der Waals surface area (Å²) in [6.45, 7) is 1.26. The molecular weight excluding hydrogens is 476 g/mol.